The molecule has 0 amide bonds. The molecule has 0 aliphatic heterocycles. The molecule has 0 N–H and O–H groups in total. The van der Waals surface area contributed by atoms with Crippen LogP contribution in [0.2, 0.25) is 0 Å². The van der Waals surface area contributed by atoms with Crippen molar-refractivity contribution in [2.45, 2.75) is 103 Å². The first-order chi connectivity index (χ1) is 11.1. The molecule has 2 rings (SSSR count). The van der Waals surface area contributed by atoms with Crippen molar-refractivity contribution < 1.29 is 18.9 Å². The Balaban J connectivity index is 1.47. The van der Waals surface area contributed by atoms with E-state index in [-0.39, 0.29) is 18.3 Å². The second-order valence-corrected chi connectivity index (χ2v) is 7.38. The summed E-state index contributed by atoms with van der Waals surface area (Å²) < 4.78 is 23.6. The molecule has 2 fully saturated rings. The van der Waals surface area contributed by atoms with Gasteiger partial charge < -0.3 is 18.9 Å². The molecule has 0 aromatic rings. The summed E-state index contributed by atoms with van der Waals surface area (Å²) in [6.07, 6.45) is 11.4. The van der Waals surface area contributed by atoms with Crippen LogP contribution in [0.5, 0.6) is 0 Å². The van der Waals surface area contributed by atoms with E-state index in [9.17, 15) is 0 Å². The van der Waals surface area contributed by atoms with Gasteiger partial charge >= 0.3 is 0 Å². The fraction of sp³-hybridized carbons (Fsp3) is 1.00. The fourth-order valence-electron chi connectivity index (χ4n) is 3.41. The van der Waals surface area contributed by atoms with Gasteiger partial charge in [-0.2, -0.15) is 0 Å². The molecule has 3 unspecified atom stereocenters. The Morgan fingerprint density at radius 2 is 1.13 bits per heavy atom. The topological polar surface area (TPSA) is 36.9 Å². The van der Waals surface area contributed by atoms with Crippen molar-refractivity contribution in [3.63, 3.8) is 0 Å². The first kappa shape index (κ1) is 19.2. The van der Waals surface area contributed by atoms with Crippen molar-refractivity contribution in [1.82, 2.24) is 0 Å². The molecule has 136 valence electrons. The number of ether oxygens (including phenoxy) is 4. The smallest absolute Gasteiger partial charge is 0.0784 e. The lowest BCUT2D eigenvalue weighted by molar-refractivity contribution is -0.0959. The van der Waals surface area contributed by atoms with Crippen LogP contribution in [0.1, 0.15) is 72.1 Å². The van der Waals surface area contributed by atoms with Crippen molar-refractivity contribution in [1.29, 1.82) is 0 Å². The lowest BCUT2D eigenvalue weighted by Gasteiger charge is -2.22. The Kier molecular flexibility index (Phi) is 8.88. The third-order valence-electron chi connectivity index (χ3n) is 4.83. The molecular weight excluding hydrogens is 292 g/mol. The van der Waals surface area contributed by atoms with Gasteiger partial charge in [-0.15, -0.1) is 0 Å². The van der Waals surface area contributed by atoms with Crippen molar-refractivity contribution in [3.8, 4) is 0 Å². The first-order valence-corrected chi connectivity index (χ1v) is 9.63. The predicted molar refractivity (Wildman–Crippen MR) is 91.8 cm³/mol. The number of hydrogen-bond acceptors (Lipinski definition) is 4. The standard InChI is InChI=1S/C19H36O4/c1-15(21-14-17(3)23-19-10-6-7-11-19)12-20-16(2)13-22-18-8-4-5-9-18/h15-19H,4-14H2,1-3H3. The van der Waals surface area contributed by atoms with E-state index in [4.69, 9.17) is 18.9 Å². The summed E-state index contributed by atoms with van der Waals surface area (Å²) in [6, 6.07) is 0. The zero-order valence-corrected chi connectivity index (χ0v) is 15.3. The van der Waals surface area contributed by atoms with Crippen LogP contribution in [-0.4, -0.2) is 50.3 Å². The van der Waals surface area contributed by atoms with Crippen molar-refractivity contribution in [2.24, 2.45) is 0 Å². The maximum absolute atomic E-state index is 6.00. The molecule has 4 heteroatoms. The molecule has 0 aromatic carbocycles. The molecule has 23 heavy (non-hydrogen) atoms. The minimum atomic E-state index is 0.0959. The van der Waals surface area contributed by atoms with Gasteiger partial charge in [0.05, 0.1) is 50.3 Å². The van der Waals surface area contributed by atoms with E-state index in [1.165, 1.54) is 51.4 Å². The highest BCUT2D eigenvalue weighted by atomic mass is 16.6. The molecule has 0 spiro atoms. The van der Waals surface area contributed by atoms with Gasteiger partial charge in [0.15, 0.2) is 0 Å². The molecule has 2 aliphatic carbocycles. The van der Waals surface area contributed by atoms with Gasteiger partial charge in [-0.05, 0) is 46.5 Å². The number of hydrogen-bond donors (Lipinski definition) is 0. The average molecular weight is 328 g/mol. The van der Waals surface area contributed by atoms with Crippen LogP contribution in [0, 0.1) is 0 Å². The molecule has 0 heterocycles. The maximum Gasteiger partial charge on any atom is 0.0784 e. The third kappa shape index (κ3) is 7.97. The first-order valence-electron chi connectivity index (χ1n) is 9.63. The second-order valence-electron chi connectivity index (χ2n) is 7.38. The fourth-order valence-corrected chi connectivity index (χ4v) is 3.41. The van der Waals surface area contributed by atoms with Crippen molar-refractivity contribution in [2.75, 3.05) is 19.8 Å². The quantitative estimate of drug-likeness (QED) is 0.572. The molecule has 2 aliphatic rings. The zero-order chi connectivity index (χ0) is 16.5. The van der Waals surface area contributed by atoms with Gasteiger partial charge in [0.1, 0.15) is 0 Å². The minimum absolute atomic E-state index is 0.0959. The highest BCUT2D eigenvalue weighted by molar-refractivity contribution is 4.69. The Morgan fingerprint density at radius 1 is 0.652 bits per heavy atom. The molecule has 0 saturated heterocycles. The molecule has 4 nitrogen and oxygen atoms in total. The molecule has 3 atom stereocenters. The van der Waals surface area contributed by atoms with Gasteiger partial charge in [-0.3, -0.25) is 0 Å². The highest BCUT2D eigenvalue weighted by Gasteiger charge is 2.19. The Morgan fingerprint density at radius 3 is 1.74 bits per heavy atom. The lowest BCUT2D eigenvalue weighted by Crippen LogP contribution is -2.28. The molecule has 0 radical (unpaired) electrons. The van der Waals surface area contributed by atoms with Gasteiger partial charge in [0.25, 0.3) is 0 Å². The van der Waals surface area contributed by atoms with Crippen LogP contribution in [-0.2, 0) is 18.9 Å². The highest BCUT2D eigenvalue weighted by Crippen LogP contribution is 2.22. The Bertz CT molecular complexity index is 298. The van der Waals surface area contributed by atoms with Gasteiger partial charge in [0.2, 0.25) is 0 Å². The van der Waals surface area contributed by atoms with Gasteiger partial charge in [-0.25, -0.2) is 0 Å². The Hall–Kier alpha value is -0.160. The van der Waals surface area contributed by atoms with E-state index < -0.39 is 0 Å². The van der Waals surface area contributed by atoms with E-state index in [2.05, 4.69) is 20.8 Å². The summed E-state index contributed by atoms with van der Waals surface area (Å²) in [4.78, 5) is 0. The summed E-state index contributed by atoms with van der Waals surface area (Å²) in [5, 5.41) is 0. The molecule has 2 saturated carbocycles. The van der Waals surface area contributed by atoms with Crippen molar-refractivity contribution >= 4 is 0 Å². The SMILES string of the molecule is CC(COC(C)COC1CCCC1)OCC(C)OC1CCCC1. The summed E-state index contributed by atoms with van der Waals surface area (Å²) in [6.45, 7) is 8.20. The molecule has 0 bridgehead atoms. The monoisotopic (exact) mass is 328 g/mol. The van der Waals surface area contributed by atoms with Crippen LogP contribution in [0.3, 0.4) is 0 Å². The average Bonchev–Trinajstić information content (AvgIpc) is 3.22. The normalized spacial score (nSPS) is 24.1. The van der Waals surface area contributed by atoms with Crippen LogP contribution in [0.15, 0.2) is 0 Å². The van der Waals surface area contributed by atoms with Crippen molar-refractivity contribution in [3.05, 3.63) is 0 Å². The lowest BCUT2D eigenvalue weighted by atomic mass is 10.3. The van der Waals surface area contributed by atoms with E-state index >= 15 is 0 Å². The van der Waals surface area contributed by atoms with E-state index in [0.717, 1.165) is 0 Å². The maximum atomic E-state index is 6.00. The Labute approximate surface area is 142 Å². The van der Waals surface area contributed by atoms with E-state index in [0.29, 0.717) is 32.0 Å². The molecule has 0 aromatic heterocycles. The third-order valence-corrected chi connectivity index (χ3v) is 4.83. The van der Waals surface area contributed by atoms with Gasteiger partial charge in [0, 0.05) is 0 Å². The molecular formula is C19H36O4. The summed E-state index contributed by atoms with van der Waals surface area (Å²) >= 11 is 0. The predicted octanol–water partition coefficient (Wildman–Crippen LogP) is 4.10. The zero-order valence-electron chi connectivity index (χ0n) is 15.3. The van der Waals surface area contributed by atoms with Crippen LogP contribution >= 0.6 is 0 Å². The van der Waals surface area contributed by atoms with E-state index in [1.807, 2.05) is 0 Å². The largest absolute Gasteiger partial charge is 0.376 e. The van der Waals surface area contributed by atoms with Gasteiger partial charge in [-0.1, -0.05) is 25.7 Å². The number of rotatable bonds is 11. The van der Waals surface area contributed by atoms with Crippen LogP contribution in [0.4, 0.5) is 0 Å². The summed E-state index contributed by atoms with van der Waals surface area (Å²) in [5.41, 5.74) is 0. The van der Waals surface area contributed by atoms with Crippen LogP contribution in [0.25, 0.3) is 0 Å². The minimum Gasteiger partial charge on any atom is -0.376 e. The summed E-state index contributed by atoms with van der Waals surface area (Å²) in [7, 11) is 0. The summed E-state index contributed by atoms with van der Waals surface area (Å²) in [5.74, 6) is 0. The van der Waals surface area contributed by atoms with Crippen LogP contribution < -0.4 is 0 Å². The second kappa shape index (κ2) is 10.7. The van der Waals surface area contributed by atoms with E-state index in [1.54, 1.807) is 0 Å².